The molecule has 0 aliphatic heterocycles. The van der Waals surface area contributed by atoms with Gasteiger partial charge in [-0.05, 0) is 0 Å². The molecule has 2 aromatic carbocycles. The van der Waals surface area contributed by atoms with Crippen molar-refractivity contribution in [1.82, 2.24) is 0 Å². The Balaban J connectivity index is 0.00000242. The molecule has 0 saturated carbocycles. The summed E-state index contributed by atoms with van der Waals surface area (Å²) >= 11 is -2.26. The van der Waals surface area contributed by atoms with Gasteiger partial charge in [-0.2, -0.15) is 0 Å². The van der Waals surface area contributed by atoms with Gasteiger partial charge in [-0.3, -0.25) is 0 Å². The number of carbonyl (C=O) groups is 2. The first-order valence-corrected chi connectivity index (χ1v) is 8.64. The number of hydrogen-bond acceptors (Lipinski definition) is 6. The molecular formula is C14H14O8Sn. The monoisotopic (exact) mass is 430 g/mol. The zero-order chi connectivity index (χ0) is 15.6. The van der Waals surface area contributed by atoms with Crippen LogP contribution in [0.25, 0.3) is 0 Å². The molecule has 0 aliphatic carbocycles. The van der Waals surface area contributed by atoms with E-state index in [0.29, 0.717) is 5.56 Å². The minimum atomic E-state index is -2.26. The van der Waals surface area contributed by atoms with Crippen molar-refractivity contribution in [2.75, 3.05) is 0 Å². The normalized spacial score (nSPS) is 9.39. The number of hydrogen-bond donors (Lipinski definition) is 4. The summed E-state index contributed by atoms with van der Waals surface area (Å²) in [5.74, 6) is -3.47. The molecule has 2 rings (SSSR count). The van der Waals surface area contributed by atoms with Gasteiger partial charge in [-0.15, -0.1) is 0 Å². The van der Waals surface area contributed by atoms with Gasteiger partial charge in [-0.25, -0.2) is 0 Å². The van der Waals surface area contributed by atoms with Crippen molar-refractivity contribution < 1.29 is 41.0 Å². The first-order chi connectivity index (χ1) is 9.91. The van der Waals surface area contributed by atoms with Gasteiger partial charge in [0.25, 0.3) is 0 Å². The van der Waals surface area contributed by atoms with Crippen LogP contribution in [0.3, 0.4) is 0 Å². The van der Waals surface area contributed by atoms with E-state index in [1.54, 1.807) is 30.3 Å². The van der Waals surface area contributed by atoms with Gasteiger partial charge in [0.15, 0.2) is 0 Å². The van der Waals surface area contributed by atoms with Crippen LogP contribution in [0, 0.1) is 0 Å². The molecule has 0 fully saturated rings. The molecule has 2 radical (unpaired) electrons. The predicted octanol–water partition coefficient (Wildman–Crippen LogP) is -0.456. The van der Waals surface area contributed by atoms with Crippen molar-refractivity contribution in [1.29, 1.82) is 0 Å². The van der Waals surface area contributed by atoms with Gasteiger partial charge in [0.1, 0.15) is 0 Å². The molecule has 9 heteroatoms. The van der Waals surface area contributed by atoms with Crippen LogP contribution in [0.1, 0.15) is 20.7 Å². The van der Waals surface area contributed by atoms with Gasteiger partial charge in [0.05, 0.1) is 0 Å². The number of carbonyl (C=O) groups excluding carboxylic acids is 2. The number of rotatable bonds is 4. The number of aromatic hydroxyl groups is 4. The Morgan fingerprint density at radius 2 is 1.35 bits per heavy atom. The Kier molecular flexibility index (Phi) is 7.53. The SMILES string of the molecule is O.O.O=[C]([Sn][C](=O)c1cc(O)c(O)c(O)c1O)c1ccccc1. The summed E-state index contributed by atoms with van der Waals surface area (Å²) in [6, 6.07) is 9.10. The zero-order valence-corrected chi connectivity index (χ0v) is 14.4. The van der Waals surface area contributed by atoms with E-state index in [0.717, 1.165) is 6.07 Å². The van der Waals surface area contributed by atoms with Crippen LogP contribution in [0.2, 0.25) is 0 Å². The minimum absolute atomic E-state index is 0. The second-order valence-corrected chi connectivity index (χ2v) is 7.44. The molecule has 2 aromatic rings. The summed E-state index contributed by atoms with van der Waals surface area (Å²) < 4.78 is -0.911. The van der Waals surface area contributed by atoms with Gasteiger partial charge in [0.2, 0.25) is 0 Å². The molecule has 0 heterocycles. The maximum atomic E-state index is 12.1. The van der Waals surface area contributed by atoms with E-state index in [9.17, 15) is 30.0 Å². The molecule has 23 heavy (non-hydrogen) atoms. The molecule has 0 saturated heterocycles. The van der Waals surface area contributed by atoms with Crippen molar-refractivity contribution in [2.24, 2.45) is 0 Å². The molecule has 0 amide bonds. The summed E-state index contributed by atoms with van der Waals surface area (Å²) in [5.41, 5.74) is 0.0443. The summed E-state index contributed by atoms with van der Waals surface area (Å²) in [6.45, 7) is 0. The quantitative estimate of drug-likeness (QED) is 0.290. The Bertz CT molecular complexity index is 714. The molecule has 0 atom stereocenters. The summed E-state index contributed by atoms with van der Waals surface area (Å²) in [7, 11) is 0. The Morgan fingerprint density at radius 3 is 1.91 bits per heavy atom. The van der Waals surface area contributed by atoms with E-state index >= 15 is 0 Å². The average Bonchev–Trinajstić information content (AvgIpc) is 2.49. The second-order valence-electron chi connectivity index (χ2n) is 4.14. The van der Waals surface area contributed by atoms with Crippen LogP contribution in [-0.2, 0) is 0 Å². The van der Waals surface area contributed by atoms with Crippen LogP contribution in [0.4, 0.5) is 0 Å². The van der Waals surface area contributed by atoms with E-state index in [2.05, 4.69) is 0 Å². The van der Waals surface area contributed by atoms with E-state index in [1.165, 1.54) is 0 Å². The molecule has 0 spiro atoms. The standard InChI is InChI=1S/C7H5O5.C7H5O.2H2O.Sn/c8-2-3-1-4(9)6(11)7(12)5(3)10;8-6-7-4-2-1-3-5-7;;;/h1,9-12H;1-5H;2*1H2;. The fraction of sp³-hybridized carbons (Fsp3) is 0. The molecule has 0 aromatic heterocycles. The first-order valence-electron chi connectivity index (χ1n) is 5.79. The van der Waals surface area contributed by atoms with E-state index in [-0.39, 0.29) is 20.3 Å². The average molecular weight is 429 g/mol. The molecule has 0 unspecified atom stereocenters. The second kappa shape index (κ2) is 8.36. The topological polar surface area (TPSA) is 178 Å². The van der Waals surface area contributed by atoms with Gasteiger partial charge < -0.3 is 11.0 Å². The molecular weight excluding hydrogens is 415 g/mol. The molecule has 8 N–H and O–H groups in total. The number of phenols is 4. The number of benzene rings is 2. The van der Waals surface area contributed by atoms with Crippen molar-refractivity contribution in [3.05, 3.63) is 47.5 Å². The van der Waals surface area contributed by atoms with Crippen LogP contribution in [-0.4, -0.2) is 60.1 Å². The van der Waals surface area contributed by atoms with Crippen molar-refractivity contribution >= 4 is 28.7 Å². The Hall–Kier alpha value is -2.30. The maximum absolute atomic E-state index is 12.1. The third kappa shape index (κ3) is 4.34. The third-order valence-electron chi connectivity index (χ3n) is 2.74. The van der Waals surface area contributed by atoms with Crippen LogP contribution in [0.15, 0.2) is 36.4 Å². The fourth-order valence-corrected chi connectivity index (χ4v) is 4.04. The van der Waals surface area contributed by atoms with Gasteiger partial charge >= 0.3 is 129 Å². The van der Waals surface area contributed by atoms with Gasteiger partial charge in [-0.1, -0.05) is 0 Å². The predicted molar refractivity (Wildman–Crippen MR) is 81.2 cm³/mol. The third-order valence-corrected chi connectivity index (χ3v) is 5.62. The van der Waals surface area contributed by atoms with E-state index < -0.39 is 47.9 Å². The van der Waals surface area contributed by atoms with Crippen LogP contribution < -0.4 is 0 Å². The number of phenolic OH excluding ortho intramolecular Hbond substituents is 4. The van der Waals surface area contributed by atoms with Gasteiger partial charge in [0, 0.05) is 0 Å². The van der Waals surface area contributed by atoms with E-state index in [1.807, 2.05) is 0 Å². The molecule has 8 nitrogen and oxygen atoms in total. The van der Waals surface area contributed by atoms with Crippen molar-refractivity contribution in [3.8, 4) is 23.0 Å². The van der Waals surface area contributed by atoms with Crippen molar-refractivity contribution in [2.45, 2.75) is 0 Å². The first kappa shape index (κ1) is 20.7. The van der Waals surface area contributed by atoms with Crippen LogP contribution >= 0.6 is 0 Å². The fourth-order valence-electron chi connectivity index (χ4n) is 1.64. The van der Waals surface area contributed by atoms with E-state index in [4.69, 9.17) is 0 Å². The summed E-state index contributed by atoms with van der Waals surface area (Å²) in [5, 5.41) is 37.6. The summed E-state index contributed by atoms with van der Waals surface area (Å²) in [4.78, 5) is 24.0. The zero-order valence-electron chi connectivity index (χ0n) is 11.6. The molecule has 122 valence electrons. The Labute approximate surface area is 140 Å². The summed E-state index contributed by atoms with van der Waals surface area (Å²) in [6.07, 6.45) is 0. The Morgan fingerprint density at radius 1 is 0.783 bits per heavy atom. The molecule has 0 bridgehead atoms. The van der Waals surface area contributed by atoms with Crippen molar-refractivity contribution in [3.63, 3.8) is 0 Å². The van der Waals surface area contributed by atoms with Crippen LogP contribution in [0.5, 0.6) is 23.0 Å². The molecule has 0 aliphatic rings.